The Hall–Kier alpha value is -3.82. The summed E-state index contributed by atoms with van der Waals surface area (Å²) in [5.74, 6) is 0. The first-order valence-corrected chi connectivity index (χ1v) is 12.7. The number of hydrogen-bond donors (Lipinski definition) is 0. The van der Waals surface area contributed by atoms with E-state index in [1.165, 1.54) is 24.5 Å². The Balaban J connectivity index is 1.70. The van der Waals surface area contributed by atoms with Crippen LogP contribution in [0.4, 0.5) is 5.69 Å². The largest absolute Gasteiger partial charge is 0.301 e. The molecule has 0 unspecified atom stereocenters. The van der Waals surface area contributed by atoms with Crippen LogP contribution in [-0.4, -0.2) is 64.7 Å². The Morgan fingerprint density at radius 3 is 2.74 bits per heavy atom. The summed E-state index contributed by atoms with van der Waals surface area (Å²) in [6.07, 6.45) is 7.84. The van der Waals surface area contributed by atoms with Gasteiger partial charge in [-0.05, 0) is 50.6 Å². The van der Waals surface area contributed by atoms with Crippen LogP contribution in [0.1, 0.15) is 36.0 Å². The van der Waals surface area contributed by atoms with Gasteiger partial charge in [0.2, 0.25) is 0 Å². The maximum atomic E-state index is 13.6. The van der Waals surface area contributed by atoms with Gasteiger partial charge in [0, 0.05) is 30.4 Å². The number of benzene rings is 1. The second-order valence-corrected chi connectivity index (χ2v) is 10.2. The number of likely N-dealkylation sites (tertiary alicyclic amines) is 1. The number of fused-ring (bicyclic) bond motifs is 1. The molecule has 3 aromatic rings. The molecular formula is C23H25N7O4S. The molecule has 0 saturated carbocycles. The van der Waals surface area contributed by atoms with Gasteiger partial charge < -0.3 is 4.90 Å². The second kappa shape index (κ2) is 10.2. The van der Waals surface area contributed by atoms with Crippen LogP contribution < -0.4 is 0 Å². The lowest BCUT2D eigenvalue weighted by Gasteiger charge is -2.28. The van der Waals surface area contributed by atoms with E-state index >= 15 is 0 Å². The van der Waals surface area contributed by atoms with Gasteiger partial charge in [-0.15, -0.1) is 0 Å². The zero-order valence-electron chi connectivity index (χ0n) is 19.2. The van der Waals surface area contributed by atoms with Gasteiger partial charge in [-0.3, -0.25) is 10.1 Å². The third-order valence-electron chi connectivity index (χ3n) is 6.00. The molecule has 0 bridgehead atoms. The van der Waals surface area contributed by atoms with Gasteiger partial charge in [0.15, 0.2) is 0 Å². The van der Waals surface area contributed by atoms with Gasteiger partial charge in [0.1, 0.15) is 0 Å². The molecule has 0 N–H and O–H groups in total. The van der Waals surface area contributed by atoms with Crippen LogP contribution in [0.25, 0.3) is 5.52 Å². The topological polar surface area (TPSA) is 137 Å². The van der Waals surface area contributed by atoms with Crippen LogP contribution in [0, 0.1) is 28.4 Å². The number of nitriles is 1. The number of nitro groups is 1. The molecule has 1 saturated heterocycles. The maximum absolute atomic E-state index is 13.6. The summed E-state index contributed by atoms with van der Waals surface area (Å²) in [6.45, 7) is 3.94. The fourth-order valence-corrected chi connectivity index (χ4v) is 5.50. The van der Waals surface area contributed by atoms with E-state index in [4.69, 9.17) is 0 Å². The number of nitro benzene ring substituents is 1. The minimum absolute atomic E-state index is 0.0869. The first kappa shape index (κ1) is 24.3. The third-order valence-corrected chi connectivity index (χ3v) is 7.83. The number of aromatic nitrogens is 2. The van der Waals surface area contributed by atoms with E-state index in [2.05, 4.69) is 21.2 Å². The number of aryl methyl sites for hydroxylation is 1. The van der Waals surface area contributed by atoms with Crippen molar-refractivity contribution in [3.05, 3.63) is 69.5 Å². The van der Waals surface area contributed by atoms with Crippen LogP contribution >= 0.6 is 0 Å². The van der Waals surface area contributed by atoms with Crippen LogP contribution in [0.15, 0.2) is 52.7 Å². The SMILES string of the molecule is Cc1ccc([N+](=O)[O-])cc1S(=O)(=O)N(CCN1CCCCC1)/N=C\c1cnn2ccc(C#N)cc12. The number of sulfonamides is 1. The van der Waals surface area contributed by atoms with Gasteiger partial charge >= 0.3 is 0 Å². The molecule has 1 aromatic carbocycles. The molecule has 1 aliphatic heterocycles. The summed E-state index contributed by atoms with van der Waals surface area (Å²) in [5.41, 5.74) is 1.67. The zero-order valence-corrected chi connectivity index (χ0v) is 20.1. The van der Waals surface area contributed by atoms with Crippen molar-refractivity contribution in [1.29, 1.82) is 5.26 Å². The van der Waals surface area contributed by atoms with Crippen molar-refractivity contribution in [1.82, 2.24) is 18.9 Å². The molecule has 0 atom stereocenters. The Labute approximate surface area is 203 Å². The normalized spacial score (nSPS) is 14.9. The predicted molar refractivity (Wildman–Crippen MR) is 130 cm³/mol. The van der Waals surface area contributed by atoms with E-state index in [1.807, 2.05) is 0 Å². The highest BCUT2D eigenvalue weighted by Gasteiger charge is 2.28. The van der Waals surface area contributed by atoms with Crippen molar-refractivity contribution < 1.29 is 13.3 Å². The summed E-state index contributed by atoms with van der Waals surface area (Å²) >= 11 is 0. The van der Waals surface area contributed by atoms with Gasteiger partial charge in [0.05, 0.1) is 45.9 Å². The highest BCUT2D eigenvalue weighted by Crippen LogP contribution is 2.25. The third kappa shape index (κ3) is 5.31. The van der Waals surface area contributed by atoms with E-state index in [9.17, 15) is 23.8 Å². The number of nitrogens with zero attached hydrogens (tertiary/aromatic N) is 7. The van der Waals surface area contributed by atoms with Gasteiger partial charge in [0.25, 0.3) is 15.7 Å². The van der Waals surface area contributed by atoms with Crippen LogP contribution in [0.3, 0.4) is 0 Å². The lowest BCUT2D eigenvalue weighted by molar-refractivity contribution is -0.385. The first-order valence-electron chi connectivity index (χ1n) is 11.2. The Bertz CT molecular complexity index is 1420. The van der Waals surface area contributed by atoms with Crippen molar-refractivity contribution >= 4 is 27.4 Å². The lowest BCUT2D eigenvalue weighted by atomic mass is 10.1. The quantitative estimate of drug-likeness (QED) is 0.266. The molecule has 12 heteroatoms. The van der Waals surface area contributed by atoms with E-state index in [0.717, 1.165) is 42.8 Å². The summed E-state index contributed by atoms with van der Waals surface area (Å²) in [6, 6.07) is 9.12. The summed E-state index contributed by atoms with van der Waals surface area (Å²) in [5, 5.41) is 29.0. The molecule has 11 nitrogen and oxygen atoms in total. The lowest BCUT2D eigenvalue weighted by Crippen LogP contribution is -2.38. The predicted octanol–water partition coefficient (Wildman–Crippen LogP) is 2.93. The number of piperidine rings is 1. The maximum Gasteiger partial charge on any atom is 0.279 e. The van der Waals surface area contributed by atoms with E-state index in [1.54, 1.807) is 29.8 Å². The minimum atomic E-state index is -4.18. The molecule has 1 fully saturated rings. The average Bonchev–Trinajstić information content (AvgIpc) is 3.26. The standard InChI is InChI=1S/C23H25N7O4S/c1-18-5-6-21(30(31)32)14-23(18)35(33,34)29(12-11-27-8-3-2-4-9-27)26-17-20-16-25-28-10-7-19(15-24)13-22(20)28/h5-7,10,13-14,16-17H,2-4,8-9,11-12H2,1H3/b26-17-. The summed E-state index contributed by atoms with van der Waals surface area (Å²) < 4.78 is 29.8. The molecule has 0 radical (unpaired) electrons. The molecule has 0 aliphatic carbocycles. The number of hydrazone groups is 1. The highest BCUT2D eigenvalue weighted by atomic mass is 32.2. The zero-order chi connectivity index (χ0) is 25.0. The van der Waals surface area contributed by atoms with Gasteiger partial charge in [-0.2, -0.15) is 28.3 Å². The molecule has 35 heavy (non-hydrogen) atoms. The average molecular weight is 496 g/mol. The van der Waals surface area contributed by atoms with Gasteiger partial charge in [-0.25, -0.2) is 4.52 Å². The van der Waals surface area contributed by atoms with E-state index < -0.39 is 14.9 Å². The van der Waals surface area contributed by atoms with Gasteiger partial charge in [-0.1, -0.05) is 12.5 Å². The summed E-state index contributed by atoms with van der Waals surface area (Å²) in [7, 11) is -4.18. The Morgan fingerprint density at radius 1 is 1.26 bits per heavy atom. The van der Waals surface area contributed by atoms with Crippen LogP contribution in [-0.2, 0) is 10.0 Å². The van der Waals surface area contributed by atoms with E-state index in [-0.39, 0.29) is 17.1 Å². The van der Waals surface area contributed by atoms with Crippen molar-refractivity contribution in [2.45, 2.75) is 31.1 Å². The van der Waals surface area contributed by atoms with E-state index in [0.29, 0.717) is 28.8 Å². The Morgan fingerprint density at radius 2 is 2.03 bits per heavy atom. The molecule has 0 amide bonds. The highest BCUT2D eigenvalue weighted by molar-refractivity contribution is 7.89. The number of hydrogen-bond acceptors (Lipinski definition) is 8. The molecule has 182 valence electrons. The fraction of sp³-hybridized carbons (Fsp3) is 0.348. The van der Waals surface area contributed by atoms with Crippen molar-refractivity contribution in [3.8, 4) is 6.07 Å². The minimum Gasteiger partial charge on any atom is -0.301 e. The number of pyridine rings is 1. The Kier molecular flexibility index (Phi) is 7.09. The molecule has 3 heterocycles. The smallest absolute Gasteiger partial charge is 0.279 e. The molecule has 0 spiro atoms. The first-order chi connectivity index (χ1) is 16.8. The fourth-order valence-electron chi connectivity index (χ4n) is 4.04. The van der Waals surface area contributed by atoms with Crippen LogP contribution in [0.5, 0.6) is 0 Å². The van der Waals surface area contributed by atoms with Crippen molar-refractivity contribution in [2.24, 2.45) is 5.10 Å². The van der Waals surface area contributed by atoms with Crippen molar-refractivity contribution in [2.75, 3.05) is 26.2 Å². The molecule has 1 aliphatic rings. The summed E-state index contributed by atoms with van der Waals surface area (Å²) in [4.78, 5) is 12.7. The molecule has 2 aromatic heterocycles. The number of rotatable bonds is 8. The molecule has 4 rings (SSSR count). The van der Waals surface area contributed by atoms with Crippen molar-refractivity contribution in [3.63, 3.8) is 0 Å². The second-order valence-electron chi connectivity index (χ2n) is 8.36. The number of non-ortho nitro benzene ring substituents is 1. The van der Waals surface area contributed by atoms with Crippen LogP contribution in [0.2, 0.25) is 0 Å². The monoisotopic (exact) mass is 495 g/mol. The molecular weight excluding hydrogens is 470 g/mol.